The summed E-state index contributed by atoms with van der Waals surface area (Å²) in [6.07, 6.45) is 0. The number of carbonyl (C=O) groups is 4. The Morgan fingerprint density at radius 1 is 0.741 bits per heavy atom. The Bertz CT molecular complexity index is 689. The molecule has 9 nitrogen and oxygen atoms in total. The van der Waals surface area contributed by atoms with Gasteiger partial charge in [-0.15, -0.1) is 0 Å². The highest BCUT2D eigenvalue weighted by molar-refractivity contribution is 6.09. The van der Waals surface area contributed by atoms with Crippen molar-refractivity contribution in [3.63, 3.8) is 0 Å². The number of furan rings is 1. The third kappa shape index (κ3) is 5.08. The van der Waals surface area contributed by atoms with Crippen LogP contribution in [0.25, 0.3) is 0 Å². The topological polar surface area (TPSA) is 146 Å². The zero-order valence-electron chi connectivity index (χ0n) is 16.2. The summed E-state index contributed by atoms with van der Waals surface area (Å²) >= 11 is 0. The highest BCUT2D eigenvalue weighted by Crippen LogP contribution is 2.23. The van der Waals surface area contributed by atoms with Crippen molar-refractivity contribution in [3.05, 3.63) is 22.6 Å². The number of aliphatic carboxylic acids is 2. The number of rotatable bonds is 8. The standard InChI is InChI=1S/C18H26N2O7/c1-7(2)13(17(23)24)19-15(21)11-9(5)27-10(6)12(11)16(22)20-14(8(3)4)18(25)26/h7-8,13-14H,1-6H3,(H,19,21)(H,20,22)(H,23,24)(H,25,26)/t13-,14+. The second-order valence-electron chi connectivity index (χ2n) is 7.03. The molecule has 1 aromatic heterocycles. The second-order valence-corrected chi connectivity index (χ2v) is 7.03. The van der Waals surface area contributed by atoms with Crippen LogP contribution in [-0.4, -0.2) is 46.0 Å². The van der Waals surface area contributed by atoms with Gasteiger partial charge in [0.15, 0.2) is 0 Å². The van der Waals surface area contributed by atoms with Crippen molar-refractivity contribution in [3.8, 4) is 0 Å². The maximum atomic E-state index is 12.6. The van der Waals surface area contributed by atoms with Gasteiger partial charge >= 0.3 is 11.9 Å². The van der Waals surface area contributed by atoms with Gasteiger partial charge in [0, 0.05) is 0 Å². The van der Waals surface area contributed by atoms with Crippen LogP contribution in [0.15, 0.2) is 4.42 Å². The van der Waals surface area contributed by atoms with Crippen LogP contribution in [0.5, 0.6) is 0 Å². The predicted molar refractivity (Wildman–Crippen MR) is 95.6 cm³/mol. The molecule has 0 fully saturated rings. The van der Waals surface area contributed by atoms with E-state index in [-0.39, 0.29) is 34.5 Å². The van der Waals surface area contributed by atoms with Crippen LogP contribution in [0.3, 0.4) is 0 Å². The minimum atomic E-state index is -1.20. The molecule has 0 saturated heterocycles. The summed E-state index contributed by atoms with van der Waals surface area (Å²) in [6, 6.07) is -2.30. The highest BCUT2D eigenvalue weighted by Gasteiger charge is 2.32. The summed E-state index contributed by atoms with van der Waals surface area (Å²) in [5.41, 5.74) is -0.213. The molecular weight excluding hydrogens is 356 g/mol. The zero-order valence-corrected chi connectivity index (χ0v) is 16.2. The van der Waals surface area contributed by atoms with Gasteiger partial charge in [-0.1, -0.05) is 27.7 Å². The van der Waals surface area contributed by atoms with Gasteiger partial charge in [0.05, 0.1) is 11.1 Å². The van der Waals surface area contributed by atoms with Crippen molar-refractivity contribution in [1.29, 1.82) is 0 Å². The fraction of sp³-hybridized carbons (Fsp3) is 0.556. The molecule has 1 heterocycles. The van der Waals surface area contributed by atoms with Crippen molar-refractivity contribution in [2.24, 2.45) is 11.8 Å². The average molecular weight is 382 g/mol. The zero-order chi connectivity index (χ0) is 21.0. The normalized spacial score (nSPS) is 13.3. The van der Waals surface area contributed by atoms with Crippen LogP contribution < -0.4 is 10.6 Å². The molecule has 0 aliphatic carbocycles. The number of nitrogens with one attached hydrogen (secondary N) is 2. The molecule has 0 unspecified atom stereocenters. The molecule has 9 heteroatoms. The molecule has 4 N–H and O–H groups in total. The smallest absolute Gasteiger partial charge is 0.326 e. The number of carbonyl (C=O) groups excluding carboxylic acids is 2. The summed E-state index contributed by atoms with van der Waals surface area (Å²) in [4.78, 5) is 48.0. The Balaban J connectivity index is 3.25. The SMILES string of the molecule is Cc1oc(C)c(C(=O)N[C@@H](C(=O)O)C(C)C)c1C(=O)N[C@H](C(=O)O)C(C)C. The fourth-order valence-electron chi connectivity index (χ4n) is 2.68. The molecule has 27 heavy (non-hydrogen) atoms. The monoisotopic (exact) mass is 382 g/mol. The summed E-state index contributed by atoms with van der Waals surface area (Å²) in [5, 5.41) is 23.3. The molecule has 1 rings (SSSR count). The van der Waals surface area contributed by atoms with Gasteiger partial charge in [-0.3, -0.25) is 9.59 Å². The summed E-state index contributed by atoms with van der Waals surface area (Å²) < 4.78 is 5.38. The molecule has 1 aromatic rings. The molecule has 0 saturated carbocycles. The molecule has 0 radical (unpaired) electrons. The van der Waals surface area contributed by atoms with Crippen LogP contribution in [-0.2, 0) is 9.59 Å². The van der Waals surface area contributed by atoms with E-state index in [0.29, 0.717) is 0 Å². The maximum absolute atomic E-state index is 12.6. The lowest BCUT2D eigenvalue weighted by molar-refractivity contribution is -0.141. The van der Waals surface area contributed by atoms with E-state index in [4.69, 9.17) is 4.42 Å². The Morgan fingerprint density at radius 3 is 1.26 bits per heavy atom. The van der Waals surface area contributed by atoms with Gasteiger partial charge in [-0.25, -0.2) is 9.59 Å². The first-order valence-electron chi connectivity index (χ1n) is 8.55. The third-order valence-corrected chi connectivity index (χ3v) is 4.15. The largest absolute Gasteiger partial charge is 0.480 e. The van der Waals surface area contributed by atoms with Crippen LogP contribution in [0.2, 0.25) is 0 Å². The number of carboxylic acids is 2. The fourth-order valence-corrected chi connectivity index (χ4v) is 2.68. The lowest BCUT2D eigenvalue weighted by atomic mass is 10.0. The molecule has 0 aromatic carbocycles. The van der Waals surface area contributed by atoms with Crippen molar-refractivity contribution >= 4 is 23.8 Å². The molecular formula is C18H26N2O7. The molecule has 150 valence electrons. The quantitative estimate of drug-likeness (QED) is 0.534. The molecule has 0 aliphatic rings. The summed E-state index contributed by atoms with van der Waals surface area (Å²) in [7, 11) is 0. The van der Waals surface area contributed by atoms with E-state index < -0.39 is 35.8 Å². The van der Waals surface area contributed by atoms with Crippen LogP contribution in [0, 0.1) is 25.7 Å². The predicted octanol–water partition coefficient (Wildman–Crippen LogP) is 1.57. The maximum Gasteiger partial charge on any atom is 0.326 e. The Hall–Kier alpha value is -2.84. The number of amides is 2. The van der Waals surface area contributed by atoms with Gasteiger partial charge in [0.1, 0.15) is 23.6 Å². The minimum Gasteiger partial charge on any atom is -0.480 e. The molecule has 2 atom stereocenters. The van der Waals surface area contributed by atoms with E-state index in [2.05, 4.69) is 10.6 Å². The first kappa shape index (κ1) is 22.2. The lowest BCUT2D eigenvalue weighted by Gasteiger charge is -2.19. The van der Waals surface area contributed by atoms with Gasteiger partial charge in [-0.2, -0.15) is 0 Å². The first-order chi connectivity index (χ1) is 12.4. The van der Waals surface area contributed by atoms with Crippen LogP contribution in [0.1, 0.15) is 59.9 Å². The van der Waals surface area contributed by atoms with E-state index in [0.717, 1.165) is 0 Å². The van der Waals surface area contributed by atoms with Crippen LogP contribution in [0.4, 0.5) is 0 Å². The molecule has 0 spiro atoms. The van der Waals surface area contributed by atoms with Crippen LogP contribution >= 0.6 is 0 Å². The molecule has 0 aliphatic heterocycles. The second kappa shape index (κ2) is 8.70. The minimum absolute atomic E-state index is 0.107. The molecule has 0 bridgehead atoms. The Kier molecular flexibility index (Phi) is 7.15. The van der Waals surface area contributed by atoms with E-state index >= 15 is 0 Å². The molecule has 2 amide bonds. The highest BCUT2D eigenvalue weighted by atomic mass is 16.4. The van der Waals surface area contributed by atoms with Crippen molar-refractivity contribution in [1.82, 2.24) is 10.6 Å². The Morgan fingerprint density at radius 2 is 1.04 bits per heavy atom. The van der Waals surface area contributed by atoms with Gasteiger partial charge < -0.3 is 25.3 Å². The van der Waals surface area contributed by atoms with Crippen molar-refractivity contribution in [2.45, 2.75) is 53.6 Å². The summed E-state index contributed by atoms with van der Waals surface area (Å²) in [6.45, 7) is 9.50. The van der Waals surface area contributed by atoms with Gasteiger partial charge in [0.2, 0.25) is 0 Å². The number of aryl methyl sites for hydroxylation is 2. The third-order valence-electron chi connectivity index (χ3n) is 4.15. The average Bonchev–Trinajstić information content (AvgIpc) is 2.82. The van der Waals surface area contributed by atoms with Gasteiger partial charge in [-0.05, 0) is 25.7 Å². The van der Waals surface area contributed by atoms with Crippen molar-refractivity contribution < 1.29 is 33.8 Å². The number of hydrogen-bond acceptors (Lipinski definition) is 5. The van der Waals surface area contributed by atoms with E-state index in [1.807, 2.05) is 0 Å². The van der Waals surface area contributed by atoms with Crippen molar-refractivity contribution in [2.75, 3.05) is 0 Å². The number of hydrogen-bond donors (Lipinski definition) is 4. The van der Waals surface area contributed by atoms with E-state index in [9.17, 15) is 29.4 Å². The summed E-state index contributed by atoms with van der Waals surface area (Å²) in [5.74, 6) is -4.43. The van der Waals surface area contributed by atoms with E-state index in [1.165, 1.54) is 13.8 Å². The number of carboxylic acid groups (broad SMARTS) is 2. The van der Waals surface area contributed by atoms with Gasteiger partial charge in [0.25, 0.3) is 11.8 Å². The first-order valence-corrected chi connectivity index (χ1v) is 8.55. The Labute approximate surface area is 157 Å². The van der Waals surface area contributed by atoms with E-state index in [1.54, 1.807) is 27.7 Å². The lowest BCUT2D eigenvalue weighted by Crippen LogP contribution is -2.46.